The lowest BCUT2D eigenvalue weighted by atomic mass is 9.82. The molecule has 0 aliphatic rings. The molecule has 26 heavy (non-hydrogen) atoms. The first kappa shape index (κ1) is 18.0. The number of hydrogen-bond donors (Lipinski definition) is 1. The van der Waals surface area contributed by atoms with Crippen LogP contribution in [0.3, 0.4) is 0 Å². The van der Waals surface area contributed by atoms with Gasteiger partial charge in [0.05, 0.1) is 23.3 Å². The number of halogens is 1. The number of nitro groups is 1. The summed E-state index contributed by atoms with van der Waals surface area (Å²) in [5.41, 5.74) is 1.75. The summed E-state index contributed by atoms with van der Waals surface area (Å²) in [6.45, 7) is 6.76. The Kier molecular flexibility index (Phi) is 4.73. The van der Waals surface area contributed by atoms with Crippen LogP contribution in [0.2, 0.25) is 0 Å². The second kappa shape index (κ2) is 6.84. The van der Waals surface area contributed by atoms with Gasteiger partial charge < -0.3 is 0 Å². The van der Waals surface area contributed by atoms with Gasteiger partial charge in [0, 0.05) is 23.6 Å². The number of non-ortho nitro benzene ring substituents is 1. The molecule has 0 bridgehead atoms. The third kappa shape index (κ3) is 3.72. The lowest BCUT2D eigenvalue weighted by Crippen LogP contribution is -2.34. The van der Waals surface area contributed by atoms with E-state index in [1.165, 1.54) is 24.3 Å². The van der Waals surface area contributed by atoms with Crippen LogP contribution in [0.25, 0.3) is 10.9 Å². The molecule has 0 saturated carbocycles. The van der Waals surface area contributed by atoms with Crippen LogP contribution >= 0.6 is 0 Å². The fourth-order valence-corrected chi connectivity index (χ4v) is 3.07. The third-order valence-corrected chi connectivity index (χ3v) is 4.35. The van der Waals surface area contributed by atoms with E-state index in [1.807, 2.05) is 0 Å². The summed E-state index contributed by atoms with van der Waals surface area (Å²) in [4.78, 5) is 10.5. The van der Waals surface area contributed by atoms with Gasteiger partial charge in [-0.3, -0.25) is 20.1 Å². The lowest BCUT2D eigenvalue weighted by Gasteiger charge is -2.32. The first-order valence-electron chi connectivity index (χ1n) is 8.34. The van der Waals surface area contributed by atoms with Crippen LogP contribution in [-0.2, 0) is 6.67 Å². The van der Waals surface area contributed by atoms with E-state index in [4.69, 9.17) is 0 Å². The van der Waals surface area contributed by atoms with Gasteiger partial charge in [0.1, 0.15) is 5.82 Å². The SMILES string of the molecule is CC(C)(C)C(NCn1ncc2cc([N+](=O)[O-])ccc21)c1ccc(F)cc1. The molecule has 1 unspecified atom stereocenters. The highest BCUT2D eigenvalue weighted by Gasteiger charge is 2.26. The maximum Gasteiger partial charge on any atom is 0.270 e. The normalized spacial score (nSPS) is 13.1. The topological polar surface area (TPSA) is 73.0 Å². The molecule has 0 saturated heterocycles. The first-order valence-corrected chi connectivity index (χ1v) is 8.34. The summed E-state index contributed by atoms with van der Waals surface area (Å²) in [6, 6.07) is 11.1. The number of nitrogens with one attached hydrogen (secondary N) is 1. The summed E-state index contributed by atoms with van der Waals surface area (Å²) < 4.78 is 15.0. The summed E-state index contributed by atoms with van der Waals surface area (Å²) in [5.74, 6) is -0.263. The van der Waals surface area contributed by atoms with Crippen LogP contribution < -0.4 is 5.32 Å². The van der Waals surface area contributed by atoms with Crippen molar-refractivity contribution < 1.29 is 9.31 Å². The van der Waals surface area contributed by atoms with Gasteiger partial charge in [0.2, 0.25) is 0 Å². The highest BCUT2D eigenvalue weighted by Crippen LogP contribution is 2.33. The van der Waals surface area contributed by atoms with Crippen molar-refractivity contribution in [2.24, 2.45) is 5.41 Å². The second-order valence-corrected chi connectivity index (χ2v) is 7.36. The molecule has 1 atom stereocenters. The van der Waals surface area contributed by atoms with Crippen molar-refractivity contribution in [2.45, 2.75) is 33.5 Å². The molecule has 0 spiro atoms. The van der Waals surface area contributed by atoms with E-state index >= 15 is 0 Å². The third-order valence-electron chi connectivity index (χ3n) is 4.35. The fourth-order valence-electron chi connectivity index (χ4n) is 3.07. The molecular weight excluding hydrogens is 335 g/mol. The van der Waals surface area contributed by atoms with Gasteiger partial charge in [-0.05, 0) is 29.2 Å². The molecule has 3 rings (SSSR count). The predicted octanol–water partition coefficient (Wildman–Crippen LogP) is 4.42. The van der Waals surface area contributed by atoms with E-state index in [0.29, 0.717) is 6.67 Å². The molecule has 7 heteroatoms. The summed E-state index contributed by atoms with van der Waals surface area (Å²) in [5, 5.41) is 19.4. The van der Waals surface area contributed by atoms with E-state index < -0.39 is 4.92 Å². The summed E-state index contributed by atoms with van der Waals surface area (Å²) in [6.07, 6.45) is 1.62. The van der Waals surface area contributed by atoms with Crippen LogP contribution in [-0.4, -0.2) is 14.7 Å². The smallest absolute Gasteiger partial charge is 0.270 e. The molecule has 136 valence electrons. The second-order valence-electron chi connectivity index (χ2n) is 7.36. The van der Waals surface area contributed by atoms with E-state index in [0.717, 1.165) is 16.5 Å². The monoisotopic (exact) mass is 356 g/mol. The van der Waals surface area contributed by atoms with Crippen molar-refractivity contribution in [2.75, 3.05) is 0 Å². The molecule has 1 heterocycles. The van der Waals surface area contributed by atoms with Crippen molar-refractivity contribution >= 4 is 16.6 Å². The molecule has 1 N–H and O–H groups in total. The zero-order valence-corrected chi connectivity index (χ0v) is 14.9. The van der Waals surface area contributed by atoms with Crippen LogP contribution in [0.1, 0.15) is 32.4 Å². The minimum Gasteiger partial charge on any atom is -0.291 e. The molecule has 0 amide bonds. The standard InChI is InChI=1S/C19H21FN4O2/c1-19(2,3)18(13-4-6-15(20)7-5-13)21-12-23-17-9-8-16(24(25)26)10-14(17)11-22-23/h4-11,18,21H,12H2,1-3H3. The molecule has 0 radical (unpaired) electrons. The van der Waals surface area contributed by atoms with Crippen LogP contribution in [0.4, 0.5) is 10.1 Å². The zero-order valence-electron chi connectivity index (χ0n) is 14.9. The fraction of sp³-hybridized carbons (Fsp3) is 0.316. The van der Waals surface area contributed by atoms with Gasteiger partial charge >= 0.3 is 0 Å². The Hall–Kier alpha value is -2.80. The van der Waals surface area contributed by atoms with Crippen LogP contribution in [0.5, 0.6) is 0 Å². The molecular formula is C19H21FN4O2. The summed E-state index contributed by atoms with van der Waals surface area (Å²) in [7, 11) is 0. The highest BCUT2D eigenvalue weighted by molar-refractivity contribution is 5.81. The van der Waals surface area contributed by atoms with Gasteiger partial charge in [-0.15, -0.1) is 0 Å². The Balaban J connectivity index is 1.84. The Morgan fingerprint density at radius 3 is 2.54 bits per heavy atom. The van der Waals surface area contributed by atoms with Crippen molar-refractivity contribution in [3.8, 4) is 0 Å². The van der Waals surface area contributed by atoms with Gasteiger partial charge in [-0.1, -0.05) is 32.9 Å². The molecule has 0 aliphatic heterocycles. The quantitative estimate of drug-likeness (QED) is 0.542. The van der Waals surface area contributed by atoms with Crippen molar-refractivity contribution in [1.29, 1.82) is 0 Å². The predicted molar refractivity (Wildman–Crippen MR) is 98.1 cm³/mol. The first-order chi connectivity index (χ1) is 12.3. The number of benzene rings is 2. The van der Waals surface area contributed by atoms with Crippen LogP contribution in [0, 0.1) is 21.3 Å². The van der Waals surface area contributed by atoms with E-state index in [9.17, 15) is 14.5 Å². The van der Waals surface area contributed by atoms with Gasteiger partial charge in [0.15, 0.2) is 0 Å². The largest absolute Gasteiger partial charge is 0.291 e. The minimum absolute atomic E-state index is 0.0135. The van der Waals surface area contributed by atoms with Gasteiger partial charge in [0.25, 0.3) is 5.69 Å². The minimum atomic E-state index is -0.417. The van der Waals surface area contributed by atoms with Crippen LogP contribution in [0.15, 0.2) is 48.7 Å². The molecule has 2 aromatic carbocycles. The number of hydrogen-bond acceptors (Lipinski definition) is 4. The Labute approximate surface area is 150 Å². The number of rotatable bonds is 5. The van der Waals surface area contributed by atoms with E-state index in [-0.39, 0.29) is 23.0 Å². The maximum atomic E-state index is 13.2. The highest BCUT2D eigenvalue weighted by atomic mass is 19.1. The number of nitro benzene ring substituents is 1. The Morgan fingerprint density at radius 1 is 1.23 bits per heavy atom. The molecule has 0 aliphatic carbocycles. The molecule has 3 aromatic rings. The van der Waals surface area contributed by atoms with E-state index in [1.54, 1.807) is 29.1 Å². The van der Waals surface area contributed by atoms with Crippen molar-refractivity contribution in [3.05, 3.63) is 70.2 Å². The lowest BCUT2D eigenvalue weighted by molar-refractivity contribution is -0.384. The Bertz CT molecular complexity index is 929. The molecule has 1 aromatic heterocycles. The summed E-state index contributed by atoms with van der Waals surface area (Å²) >= 11 is 0. The molecule has 0 fully saturated rings. The number of fused-ring (bicyclic) bond motifs is 1. The maximum absolute atomic E-state index is 13.2. The average Bonchev–Trinajstić information content (AvgIpc) is 2.98. The van der Waals surface area contributed by atoms with Crippen molar-refractivity contribution in [1.82, 2.24) is 15.1 Å². The Morgan fingerprint density at radius 2 is 1.92 bits per heavy atom. The zero-order chi connectivity index (χ0) is 18.9. The number of aromatic nitrogens is 2. The average molecular weight is 356 g/mol. The number of nitrogens with zero attached hydrogens (tertiary/aromatic N) is 3. The van der Waals surface area contributed by atoms with Gasteiger partial charge in [-0.2, -0.15) is 5.10 Å². The van der Waals surface area contributed by atoms with E-state index in [2.05, 4.69) is 31.2 Å². The van der Waals surface area contributed by atoms with Gasteiger partial charge in [-0.25, -0.2) is 4.39 Å². The molecule has 6 nitrogen and oxygen atoms in total. The van der Waals surface area contributed by atoms with Crippen molar-refractivity contribution in [3.63, 3.8) is 0 Å².